The molecule has 246 valence electrons. The van der Waals surface area contributed by atoms with Gasteiger partial charge in [0, 0.05) is 47.6 Å². The van der Waals surface area contributed by atoms with Crippen LogP contribution in [0.3, 0.4) is 0 Å². The maximum absolute atomic E-state index is 15.3. The molecule has 1 N–H and O–H groups in total. The quantitative estimate of drug-likeness (QED) is 0.129. The third-order valence-electron chi connectivity index (χ3n) is 7.58. The third kappa shape index (κ3) is 8.13. The monoisotopic (exact) mass is 705 g/mol. The predicted octanol–water partition coefficient (Wildman–Crippen LogP) is 7.96. The highest BCUT2D eigenvalue weighted by Crippen LogP contribution is 2.34. The number of nitrogens with zero attached hydrogens (tertiary/aromatic N) is 4. The van der Waals surface area contributed by atoms with E-state index in [1.54, 1.807) is 72.1 Å². The van der Waals surface area contributed by atoms with Gasteiger partial charge in [0.1, 0.15) is 36.1 Å². The smallest absolute Gasteiger partial charge is 0.179 e. The summed E-state index contributed by atoms with van der Waals surface area (Å²) in [6.45, 7) is 1.13. The van der Waals surface area contributed by atoms with E-state index in [1.807, 2.05) is 11.9 Å². The van der Waals surface area contributed by atoms with Crippen LogP contribution in [0.15, 0.2) is 102 Å². The second kappa shape index (κ2) is 14.7. The van der Waals surface area contributed by atoms with Crippen molar-refractivity contribution in [2.45, 2.75) is 17.9 Å². The zero-order valence-electron chi connectivity index (χ0n) is 25.7. The zero-order valence-corrected chi connectivity index (χ0v) is 28.1. The van der Waals surface area contributed by atoms with Crippen LogP contribution in [0, 0.1) is 11.6 Å². The van der Waals surface area contributed by atoms with Crippen molar-refractivity contribution >= 4 is 55.2 Å². The first-order valence-corrected chi connectivity index (χ1v) is 17.8. The average molecular weight is 706 g/mol. The van der Waals surface area contributed by atoms with E-state index in [0.717, 1.165) is 5.01 Å². The van der Waals surface area contributed by atoms with E-state index in [9.17, 15) is 12.8 Å². The minimum atomic E-state index is -3.37. The number of halogens is 3. The number of likely N-dealkylation sites (N-methyl/N-ethyl adjacent to an activating group) is 1. The molecule has 8 nitrogen and oxygen atoms in total. The largest absolute Gasteiger partial charge is 0.487 e. The zero-order chi connectivity index (χ0) is 33.7. The van der Waals surface area contributed by atoms with Crippen molar-refractivity contribution in [3.63, 3.8) is 0 Å². The van der Waals surface area contributed by atoms with Gasteiger partial charge in [0.15, 0.2) is 9.84 Å². The Balaban J connectivity index is 1.12. The van der Waals surface area contributed by atoms with Crippen molar-refractivity contribution in [1.29, 1.82) is 0 Å². The molecule has 2 heterocycles. The highest BCUT2D eigenvalue weighted by Gasteiger charge is 2.17. The molecule has 48 heavy (non-hydrogen) atoms. The molecule has 0 radical (unpaired) electrons. The molecule has 0 unspecified atom stereocenters. The van der Waals surface area contributed by atoms with Crippen molar-refractivity contribution in [1.82, 2.24) is 19.9 Å². The first kappa shape index (κ1) is 33.4. The van der Waals surface area contributed by atoms with Crippen molar-refractivity contribution in [3.05, 3.63) is 124 Å². The van der Waals surface area contributed by atoms with E-state index >= 15 is 4.39 Å². The summed E-state index contributed by atoms with van der Waals surface area (Å²) < 4.78 is 59.8. The molecule has 2 aromatic heterocycles. The Bertz CT molecular complexity index is 2170. The second-order valence-electron chi connectivity index (χ2n) is 11.1. The first-order valence-electron chi connectivity index (χ1n) is 14.9. The van der Waals surface area contributed by atoms with Crippen LogP contribution in [0.25, 0.3) is 22.2 Å². The van der Waals surface area contributed by atoms with Crippen LogP contribution in [0.4, 0.5) is 20.3 Å². The molecule has 13 heteroatoms. The number of thiazole rings is 1. The lowest BCUT2D eigenvalue weighted by Gasteiger charge is -2.15. The van der Waals surface area contributed by atoms with Gasteiger partial charge in [-0.15, -0.1) is 11.3 Å². The van der Waals surface area contributed by atoms with Crippen LogP contribution in [-0.2, 0) is 22.9 Å². The number of benzene rings is 4. The standard InChI is InChI=1S/C35H30ClF2N5O3S2/c1-43(14-15-48(44,45)26-8-3-2-4-9-26)13-12-34-42-32(21-47-34)27-18-28-31(19-30(27)38)39-22-40-35(28)41-25-10-11-33(29(36)17-25)46-20-23-6-5-7-24(37)16-23/h2-11,16-19,21-22H,12-15,20H2,1H3,(H,39,40,41). The predicted molar refractivity (Wildman–Crippen MR) is 186 cm³/mol. The first-order chi connectivity index (χ1) is 23.1. The third-order valence-corrected chi connectivity index (χ3v) is 10.5. The van der Waals surface area contributed by atoms with Gasteiger partial charge in [0.2, 0.25) is 0 Å². The minimum absolute atomic E-state index is 0.0120. The molecule has 6 aromatic rings. The molecule has 0 saturated heterocycles. The number of sulfone groups is 1. The van der Waals surface area contributed by atoms with Crippen LogP contribution >= 0.6 is 22.9 Å². The topological polar surface area (TPSA) is 97.3 Å². The number of anilines is 2. The highest BCUT2D eigenvalue weighted by molar-refractivity contribution is 7.91. The number of nitrogens with one attached hydrogen (secondary N) is 1. The van der Waals surface area contributed by atoms with E-state index in [2.05, 4.69) is 20.3 Å². The molecule has 6 rings (SSSR count). The van der Waals surface area contributed by atoms with E-state index in [4.69, 9.17) is 16.3 Å². The van der Waals surface area contributed by atoms with Gasteiger partial charge < -0.3 is 15.0 Å². The SMILES string of the molecule is CN(CCc1nc(-c2cc3c(Nc4ccc(OCc5cccc(F)c5)c(Cl)c4)ncnc3cc2F)cs1)CCS(=O)(=O)c1ccccc1. The number of hydrogen-bond acceptors (Lipinski definition) is 9. The van der Waals surface area contributed by atoms with E-state index < -0.39 is 15.7 Å². The lowest BCUT2D eigenvalue weighted by Crippen LogP contribution is -2.27. The van der Waals surface area contributed by atoms with Gasteiger partial charge in [0.25, 0.3) is 0 Å². The van der Waals surface area contributed by atoms with Gasteiger partial charge in [-0.25, -0.2) is 32.2 Å². The fraction of sp³-hybridized carbons (Fsp3) is 0.171. The Morgan fingerprint density at radius 1 is 0.958 bits per heavy atom. The number of hydrogen-bond donors (Lipinski definition) is 1. The molecule has 0 atom stereocenters. The van der Waals surface area contributed by atoms with Crippen LogP contribution in [-0.4, -0.2) is 54.2 Å². The minimum Gasteiger partial charge on any atom is -0.487 e. The molecule has 0 saturated carbocycles. The summed E-state index contributed by atoms with van der Waals surface area (Å²) in [5.41, 5.74) is 2.51. The number of ether oxygens (including phenoxy) is 1. The maximum atomic E-state index is 15.3. The maximum Gasteiger partial charge on any atom is 0.179 e. The van der Waals surface area contributed by atoms with Gasteiger partial charge in [-0.1, -0.05) is 41.9 Å². The molecule has 0 spiro atoms. The summed E-state index contributed by atoms with van der Waals surface area (Å²) in [6.07, 6.45) is 1.94. The molecule has 0 aliphatic carbocycles. The molecule has 0 aliphatic rings. The van der Waals surface area contributed by atoms with E-state index in [-0.39, 0.29) is 18.2 Å². The molecular formula is C35H30ClF2N5O3S2. The van der Waals surface area contributed by atoms with Crippen molar-refractivity contribution in [2.24, 2.45) is 0 Å². The van der Waals surface area contributed by atoms with Crippen LogP contribution in [0.2, 0.25) is 5.02 Å². The van der Waals surface area contributed by atoms with Crippen molar-refractivity contribution in [3.8, 4) is 17.0 Å². The van der Waals surface area contributed by atoms with Gasteiger partial charge >= 0.3 is 0 Å². The molecule has 0 bridgehead atoms. The van der Waals surface area contributed by atoms with Crippen LogP contribution in [0.5, 0.6) is 5.75 Å². The molecule has 0 fully saturated rings. The lowest BCUT2D eigenvalue weighted by atomic mass is 10.1. The second-order valence-corrected chi connectivity index (χ2v) is 14.5. The van der Waals surface area contributed by atoms with Crippen molar-refractivity contribution < 1.29 is 21.9 Å². The number of aromatic nitrogens is 3. The average Bonchev–Trinajstić information content (AvgIpc) is 3.55. The molecular weight excluding hydrogens is 676 g/mol. The summed E-state index contributed by atoms with van der Waals surface area (Å²) in [5.74, 6) is 0.0965. The molecule has 0 aliphatic heterocycles. The van der Waals surface area contributed by atoms with Gasteiger partial charge in [-0.05, 0) is 61.1 Å². The van der Waals surface area contributed by atoms with Crippen molar-refractivity contribution in [2.75, 3.05) is 31.2 Å². The van der Waals surface area contributed by atoms with Gasteiger partial charge in [0.05, 0.1) is 31.9 Å². The van der Waals surface area contributed by atoms with E-state index in [1.165, 1.54) is 35.9 Å². The molecule has 4 aromatic carbocycles. The van der Waals surface area contributed by atoms with Crippen LogP contribution < -0.4 is 10.1 Å². The summed E-state index contributed by atoms with van der Waals surface area (Å²) in [5, 5.41) is 6.78. The Hall–Kier alpha value is -4.49. The van der Waals surface area contributed by atoms with Crippen LogP contribution in [0.1, 0.15) is 10.6 Å². The summed E-state index contributed by atoms with van der Waals surface area (Å²) in [6, 6.07) is 22.7. The summed E-state index contributed by atoms with van der Waals surface area (Å²) in [4.78, 5) is 15.6. The summed E-state index contributed by atoms with van der Waals surface area (Å²) in [7, 11) is -1.50. The Kier molecular flexibility index (Phi) is 10.3. The molecule has 0 amide bonds. The van der Waals surface area contributed by atoms with Gasteiger partial charge in [-0.2, -0.15) is 0 Å². The Labute approximate surface area is 286 Å². The highest BCUT2D eigenvalue weighted by atomic mass is 35.5. The fourth-order valence-corrected chi connectivity index (χ4v) is 7.35. The van der Waals surface area contributed by atoms with Gasteiger partial charge in [-0.3, -0.25) is 0 Å². The fourth-order valence-electron chi connectivity index (χ4n) is 4.96. The van der Waals surface area contributed by atoms with E-state index in [0.29, 0.717) is 74.4 Å². The Morgan fingerprint density at radius 3 is 2.58 bits per heavy atom. The summed E-state index contributed by atoms with van der Waals surface area (Å²) >= 11 is 7.91. The lowest BCUT2D eigenvalue weighted by molar-refractivity contribution is 0.306. The Morgan fingerprint density at radius 2 is 1.79 bits per heavy atom. The number of rotatable bonds is 13. The normalized spacial score (nSPS) is 11.7. The number of fused-ring (bicyclic) bond motifs is 1.